The van der Waals surface area contributed by atoms with E-state index in [9.17, 15) is 10.1 Å². The highest BCUT2D eigenvalue weighted by molar-refractivity contribution is 9.10. The Morgan fingerprint density at radius 3 is 2.52 bits per heavy atom. The Morgan fingerprint density at radius 2 is 1.93 bits per heavy atom. The topological polar surface area (TPSA) is 92.3 Å². The van der Waals surface area contributed by atoms with Crippen molar-refractivity contribution in [1.29, 1.82) is 0 Å². The van der Waals surface area contributed by atoms with Crippen LogP contribution in [0.1, 0.15) is 38.4 Å². The van der Waals surface area contributed by atoms with Gasteiger partial charge in [0.15, 0.2) is 12.9 Å². The van der Waals surface area contributed by atoms with Gasteiger partial charge in [-0.3, -0.25) is 15.1 Å². The van der Waals surface area contributed by atoms with Crippen LogP contribution in [0.4, 0.5) is 5.69 Å². The molecule has 0 amide bonds. The summed E-state index contributed by atoms with van der Waals surface area (Å²) >= 11 is 3.30. The van der Waals surface area contributed by atoms with Crippen molar-refractivity contribution in [3.05, 3.63) is 38.2 Å². The van der Waals surface area contributed by atoms with Gasteiger partial charge in [0.1, 0.15) is 0 Å². The van der Waals surface area contributed by atoms with Gasteiger partial charge in [0, 0.05) is 19.2 Å². The van der Waals surface area contributed by atoms with Crippen molar-refractivity contribution < 1.29 is 14.1 Å². The zero-order valence-electron chi connectivity index (χ0n) is 18.1. The standard InChI is InChI=1S/C19H29BrN4O4Si/c1-13-11-15(14(2)21-12-13)23-17(20)16(24(25)26)18(22-23)27-9-8-10-28-29(6,7)19(3,4)5/h11-12H,8-10H2,1-7H3. The number of aryl methyl sites for hydroxylation is 2. The molecule has 0 aliphatic heterocycles. The van der Waals surface area contributed by atoms with Gasteiger partial charge in [-0.25, -0.2) is 4.68 Å². The molecule has 0 aromatic carbocycles. The Hall–Kier alpha value is -1.78. The van der Waals surface area contributed by atoms with Gasteiger partial charge < -0.3 is 9.16 Å². The molecule has 0 fully saturated rings. The molecule has 0 aliphatic rings. The van der Waals surface area contributed by atoms with Gasteiger partial charge in [-0.05, 0) is 59.5 Å². The summed E-state index contributed by atoms with van der Waals surface area (Å²) in [4.78, 5) is 15.4. The average molecular weight is 485 g/mol. The Bertz CT molecular complexity index is 893. The first-order valence-electron chi connectivity index (χ1n) is 9.48. The maximum atomic E-state index is 11.6. The molecule has 2 aromatic rings. The zero-order chi connectivity index (χ0) is 22.0. The fourth-order valence-corrected chi connectivity index (χ4v) is 4.06. The van der Waals surface area contributed by atoms with Crippen LogP contribution < -0.4 is 4.74 Å². The van der Waals surface area contributed by atoms with Gasteiger partial charge in [-0.15, -0.1) is 5.10 Å². The van der Waals surface area contributed by atoms with Crippen LogP contribution >= 0.6 is 15.9 Å². The van der Waals surface area contributed by atoms with Crippen LogP contribution in [0.3, 0.4) is 0 Å². The molecular weight excluding hydrogens is 456 g/mol. The molecule has 29 heavy (non-hydrogen) atoms. The molecule has 0 spiro atoms. The Kier molecular flexibility index (Phi) is 7.23. The Morgan fingerprint density at radius 1 is 1.28 bits per heavy atom. The number of pyridine rings is 1. The van der Waals surface area contributed by atoms with E-state index in [1.54, 1.807) is 6.20 Å². The molecule has 2 heterocycles. The molecular formula is C19H29BrN4O4Si. The number of halogens is 1. The van der Waals surface area contributed by atoms with Crippen molar-refractivity contribution in [1.82, 2.24) is 14.8 Å². The summed E-state index contributed by atoms with van der Waals surface area (Å²) in [5, 5.41) is 16.0. The van der Waals surface area contributed by atoms with Crippen LogP contribution in [0.2, 0.25) is 18.1 Å². The molecule has 0 aliphatic carbocycles. The van der Waals surface area contributed by atoms with E-state index in [4.69, 9.17) is 9.16 Å². The third-order valence-electron chi connectivity index (χ3n) is 5.18. The number of hydrogen-bond acceptors (Lipinski definition) is 6. The molecule has 0 saturated heterocycles. The second-order valence-electron chi connectivity index (χ2n) is 8.54. The largest absolute Gasteiger partial charge is 0.472 e. The summed E-state index contributed by atoms with van der Waals surface area (Å²) in [7, 11) is -1.82. The van der Waals surface area contributed by atoms with Crippen molar-refractivity contribution in [2.24, 2.45) is 0 Å². The lowest BCUT2D eigenvalue weighted by Gasteiger charge is -2.36. The van der Waals surface area contributed by atoms with Gasteiger partial charge in [0.2, 0.25) is 0 Å². The average Bonchev–Trinajstić information content (AvgIpc) is 2.92. The van der Waals surface area contributed by atoms with Crippen LogP contribution in [0.25, 0.3) is 5.69 Å². The van der Waals surface area contributed by atoms with Gasteiger partial charge in [0.05, 0.1) is 22.9 Å². The van der Waals surface area contributed by atoms with E-state index >= 15 is 0 Å². The fourth-order valence-electron chi connectivity index (χ4n) is 2.39. The van der Waals surface area contributed by atoms with E-state index in [0.29, 0.717) is 24.4 Å². The van der Waals surface area contributed by atoms with Gasteiger partial charge in [-0.1, -0.05) is 20.8 Å². The first-order valence-corrected chi connectivity index (χ1v) is 13.2. The predicted octanol–water partition coefficient (Wildman–Crippen LogP) is 5.35. The van der Waals surface area contributed by atoms with Crippen molar-refractivity contribution in [3.63, 3.8) is 0 Å². The highest BCUT2D eigenvalue weighted by Crippen LogP contribution is 2.38. The normalized spacial score (nSPS) is 12.3. The molecule has 8 nitrogen and oxygen atoms in total. The van der Waals surface area contributed by atoms with E-state index < -0.39 is 13.2 Å². The van der Waals surface area contributed by atoms with Gasteiger partial charge in [0.25, 0.3) is 0 Å². The fraction of sp³-hybridized carbons (Fsp3) is 0.579. The first-order chi connectivity index (χ1) is 13.3. The summed E-state index contributed by atoms with van der Waals surface area (Å²) in [5.74, 6) is -0.0184. The Balaban J connectivity index is 2.13. The predicted molar refractivity (Wildman–Crippen MR) is 118 cm³/mol. The number of ether oxygens (including phenoxy) is 1. The summed E-state index contributed by atoms with van der Waals surface area (Å²) in [6, 6.07) is 1.88. The van der Waals surface area contributed by atoms with Crippen LogP contribution in [-0.2, 0) is 4.43 Å². The molecule has 160 valence electrons. The first kappa shape index (κ1) is 23.5. The number of rotatable bonds is 8. The van der Waals surface area contributed by atoms with Crippen LogP contribution in [0.5, 0.6) is 5.88 Å². The second-order valence-corrected chi connectivity index (χ2v) is 14.1. The third-order valence-corrected chi connectivity index (χ3v) is 10.4. The molecule has 0 bridgehead atoms. The molecule has 0 unspecified atom stereocenters. The summed E-state index contributed by atoms with van der Waals surface area (Å²) in [6.07, 6.45) is 2.36. The number of hydrogen-bond donors (Lipinski definition) is 0. The molecule has 0 radical (unpaired) electrons. The maximum absolute atomic E-state index is 11.6. The van der Waals surface area contributed by atoms with Gasteiger partial charge in [-0.2, -0.15) is 0 Å². The maximum Gasteiger partial charge on any atom is 0.364 e. The zero-order valence-corrected chi connectivity index (χ0v) is 20.7. The highest BCUT2D eigenvalue weighted by atomic mass is 79.9. The lowest BCUT2D eigenvalue weighted by molar-refractivity contribution is -0.386. The molecule has 10 heteroatoms. The van der Waals surface area contributed by atoms with Crippen molar-refractivity contribution in [2.75, 3.05) is 13.2 Å². The second kappa shape index (κ2) is 8.93. The highest BCUT2D eigenvalue weighted by Gasteiger charge is 2.37. The molecule has 0 atom stereocenters. The van der Waals surface area contributed by atoms with Crippen molar-refractivity contribution in [2.45, 2.75) is 59.2 Å². The summed E-state index contributed by atoms with van der Waals surface area (Å²) in [5.41, 5.74) is 2.11. The van der Waals surface area contributed by atoms with Crippen LogP contribution in [0.15, 0.2) is 16.9 Å². The van der Waals surface area contributed by atoms with Crippen molar-refractivity contribution >= 4 is 29.9 Å². The number of aromatic nitrogens is 3. The van der Waals surface area contributed by atoms with E-state index in [2.05, 4.69) is 59.9 Å². The van der Waals surface area contributed by atoms with Crippen LogP contribution in [-0.4, -0.2) is 41.2 Å². The smallest absolute Gasteiger partial charge is 0.364 e. The van der Waals surface area contributed by atoms with E-state index in [0.717, 1.165) is 5.56 Å². The number of nitro groups is 1. The van der Waals surface area contributed by atoms with E-state index in [1.165, 1.54) is 4.68 Å². The lowest BCUT2D eigenvalue weighted by atomic mass is 10.2. The lowest BCUT2D eigenvalue weighted by Crippen LogP contribution is -2.41. The van der Waals surface area contributed by atoms with E-state index in [1.807, 2.05) is 19.9 Å². The summed E-state index contributed by atoms with van der Waals surface area (Å²) < 4.78 is 13.5. The van der Waals surface area contributed by atoms with Crippen LogP contribution in [0, 0.1) is 24.0 Å². The quantitative estimate of drug-likeness (QED) is 0.217. The van der Waals surface area contributed by atoms with Crippen molar-refractivity contribution in [3.8, 4) is 11.6 Å². The third kappa shape index (κ3) is 5.43. The molecule has 2 aromatic heterocycles. The Labute approximate surface area is 181 Å². The van der Waals surface area contributed by atoms with Gasteiger partial charge >= 0.3 is 11.6 Å². The molecule has 0 saturated carbocycles. The number of nitrogens with zero attached hydrogens (tertiary/aromatic N) is 4. The molecule has 0 N–H and O–H groups in total. The monoisotopic (exact) mass is 484 g/mol. The minimum Gasteiger partial charge on any atom is -0.472 e. The molecule has 2 rings (SSSR count). The minimum atomic E-state index is -1.82. The van der Waals surface area contributed by atoms with E-state index in [-0.39, 0.29) is 27.8 Å². The summed E-state index contributed by atoms with van der Waals surface area (Å²) in [6.45, 7) is 15.5. The SMILES string of the molecule is Cc1cnc(C)c(-n2nc(OCCCO[Si](C)(C)C(C)(C)C)c([N+](=O)[O-])c2Br)c1. The minimum absolute atomic E-state index is 0.0184.